The Morgan fingerprint density at radius 3 is 2.64 bits per heavy atom. The quantitative estimate of drug-likeness (QED) is 0.830. The van der Waals surface area contributed by atoms with Crippen molar-refractivity contribution in [1.82, 2.24) is 15.0 Å². The molecule has 0 amide bonds. The summed E-state index contributed by atoms with van der Waals surface area (Å²) in [6.07, 6.45) is 3.95. The van der Waals surface area contributed by atoms with Gasteiger partial charge in [0.25, 0.3) is 0 Å². The number of hydrogen-bond acceptors (Lipinski definition) is 5. The second-order valence-corrected chi connectivity index (χ2v) is 7.38. The first kappa shape index (κ1) is 15.0. The molecule has 1 aliphatic rings. The topological polar surface area (TPSA) is 97.1 Å². The largest absolute Gasteiger partial charge is 0.383 e. The molecule has 0 bridgehead atoms. The summed E-state index contributed by atoms with van der Waals surface area (Å²) in [7, 11) is -3.45. The zero-order chi connectivity index (χ0) is 15.6. The van der Waals surface area contributed by atoms with Crippen molar-refractivity contribution in [3.8, 4) is 0 Å². The van der Waals surface area contributed by atoms with Gasteiger partial charge in [-0.3, -0.25) is 9.40 Å². The summed E-state index contributed by atoms with van der Waals surface area (Å²) in [5.74, 6) is -0.108. The number of aryl methyl sites for hydroxylation is 1. The van der Waals surface area contributed by atoms with Crippen LogP contribution in [0.4, 0.5) is 5.69 Å². The van der Waals surface area contributed by atoms with E-state index in [-0.39, 0.29) is 12.3 Å². The molecule has 2 aromatic rings. The van der Waals surface area contributed by atoms with Crippen molar-refractivity contribution in [2.24, 2.45) is 0 Å². The van der Waals surface area contributed by atoms with Crippen LogP contribution in [0.1, 0.15) is 25.0 Å². The number of anilines is 1. The van der Waals surface area contributed by atoms with E-state index in [1.54, 1.807) is 30.5 Å². The maximum Gasteiger partial charge on any atom is 0.234 e. The highest BCUT2D eigenvalue weighted by Gasteiger charge is 2.38. The van der Waals surface area contributed by atoms with Gasteiger partial charge in [-0.05, 0) is 31.4 Å². The second kappa shape index (κ2) is 5.69. The van der Waals surface area contributed by atoms with Crippen LogP contribution < -0.4 is 4.72 Å². The van der Waals surface area contributed by atoms with E-state index in [4.69, 9.17) is 0 Å². The fourth-order valence-corrected chi connectivity index (χ4v) is 3.36. The number of rotatable bonds is 6. The van der Waals surface area contributed by atoms with E-state index in [1.165, 1.54) is 4.68 Å². The van der Waals surface area contributed by atoms with Crippen LogP contribution in [0.25, 0.3) is 0 Å². The molecule has 1 aliphatic carbocycles. The fraction of sp³-hybridized carbons (Fsp3) is 0.429. The van der Waals surface area contributed by atoms with Gasteiger partial charge in [0.15, 0.2) is 0 Å². The summed E-state index contributed by atoms with van der Waals surface area (Å²) in [4.78, 5) is 0. The molecule has 0 saturated heterocycles. The molecule has 0 radical (unpaired) electrons. The first-order valence-corrected chi connectivity index (χ1v) is 8.81. The van der Waals surface area contributed by atoms with Gasteiger partial charge in [-0.25, -0.2) is 8.42 Å². The lowest BCUT2D eigenvalue weighted by Gasteiger charge is -2.34. The van der Waals surface area contributed by atoms with E-state index < -0.39 is 15.6 Å². The molecule has 1 aromatic heterocycles. The van der Waals surface area contributed by atoms with E-state index in [2.05, 4.69) is 15.0 Å². The normalized spacial score (nSPS) is 17.0. The smallest absolute Gasteiger partial charge is 0.234 e. The number of nitrogens with one attached hydrogen (secondary N) is 1. The molecule has 0 atom stereocenters. The minimum absolute atomic E-state index is 0.108. The third-order valence-corrected chi connectivity index (χ3v) is 5.10. The number of hydrogen-bond donors (Lipinski definition) is 2. The second-order valence-electron chi connectivity index (χ2n) is 5.54. The maximum atomic E-state index is 12.0. The van der Waals surface area contributed by atoms with Crippen LogP contribution in [0.5, 0.6) is 0 Å². The van der Waals surface area contributed by atoms with Crippen molar-refractivity contribution in [1.29, 1.82) is 0 Å². The van der Waals surface area contributed by atoms with Crippen LogP contribution in [-0.4, -0.2) is 34.3 Å². The number of para-hydroxylation sites is 1. The first-order chi connectivity index (χ1) is 10.5. The van der Waals surface area contributed by atoms with Gasteiger partial charge in [-0.15, -0.1) is 5.10 Å². The van der Waals surface area contributed by atoms with Crippen LogP contribution in [0.3, 0.4) is 0 Å². The molecule has 1 fully saturated rings. The Morgan fingerprint density at radius 2 is 2.00 bits per heavy atom. The summed E-state index contributed by atoms with van der Waals surface area (Å²) < 4.78 is 28.0. The molecule has 2 N–H and O–H groups in total. The molecule has 0 spiro atoms. The first-order valence-electron chi connectivity index (χ1n) is 7.15. The third-order valence-electron chi connectivity index (χ3n) is 3.83. The number of sulfonamides is 1. The Bertz CT molecular complexity index is 738. The maximum absolute atomic E-state index is 12.0. The van der Waals surface area contributed by atoms with Gasteiger partial charge >= 0.3 is 0 Å². The van der Waals surface area contributed by atoms with Gasteiger partial charge in [0.05, 0.1) is 18.5 Å². The fourth-order valence-electron chi connectivity index (χ4n) is 2.34. The Labute approximate surface area is 129 Å². The van der Waals surface area contributed by atoms with E-state index in [9.17, 15) is 13.5 Å². The minimum atomic E-state index is -3.45. The molecule has 8 heteroatoms. The molecule has 118 valence electrons. The van der Waals surface area contributed by atoms with E-state index in [1.807, 2.05) is 6.07 Å². The monoisotopic (exact) mass is 322 g/mol. The number of aliphatic hydroxyl groups is 1. The van der Waals surface area contributed by atoms with Crippen molar-refractivity contribution in [2.75, 3.05) is 10.5 Å². The predicted octanol–water partition coefficient (Wildman–Crippen LogP) is 1.09. The van der Waals surface area contributed by atoms with Gasteiger partial charge in [-0.1, -0.05) is 23.4 Å². The van der Waals surface area contributed by atoms with Crippen molar-refractivity contribution in [3.05, 3.63) is 42.2 Å². The van der Waals surface area contributed by atoms with Gasteiger partial charge in [0.2, 0.25) is 10.0 Å². The molecule has 1 heterocycles. The van der Waals surface area contributed by atoms with Gasteiger partial charge in [0.1, 0.15) is 11.3 Å². The molecular formula is C14H18N4O3S. The number of aromatic nitrogens is 3. The highest BCUT2D eigenvalue weighted by molar-refractivity contribution is 7.92. The standard InChI is InChI=1S/C14H18N4O3S/c19-14(7-4-8-14)13-11-18(17-15-13)9-10-22(20,21)16-12-5-2-1-3-6-12/h1-3,5-6,11,16,19H,4,7-10H2. The summed E-state index contributed by atoms with van der Waals surface area (Å²) >= 11 is 0. The number of nitrogens with zero attached hydrogens (tertiary/aromatic N) is 3. The minimum Gasteiger partial charge on any atom is -0.383 e. The molecule has 7 nitrogen and oxygen atoms in total. The predicted molar refractivity (Wildman–Crippen MR) is 81.6 cm³/mol. The van der Waals surface area contributed by atoms with Crippen molar-refractivity contribution >= 4 is 15.7 Å². The van der Waals surface area contributed by atoms with Crippen LogP contribution in [0.2, 0.25) is 0 Å². The third kappa shape index (κ3) is 3.28. The van der Waals surface area contributed by atoms with E-state index >= 15 is 0 Å². The lowest BCUT2D eigenvalue weighted by atomic mass is 9.78. The number of benzene rings is 1. The Kier molecular flexibility index (Phi) is 3.88. The average molecular weight is 322 g/mol. The van der Waals surface area contributed by atoms with Crippen LogP contribution >= 0.6 is 0 Å². The molecule has 22 heavy (non-hydrogen) atoms. The summed E-state index contributed by atoms with van der Waals surface area (Å²) in [5, 5.41) is 18.0. The van der Waals surface area contributed by atoms with Crippen LogP contribution in [0.15, 0.2) is 36.5 Å². The summed E-state index contributed by atoms with van der Waals surface area (Å²) in [6, 6.07) is 8.73. The SMILES string of the molecule is O=S(=O)(CCn1cc(C2(O)CCC2)nn1)Nc1ccccc1. The lowest BCUT2D eigenvalue weighted by molar-refractivity contribution is -0.0427. The highest BCUT2D eigenvalue weighted by atomic mass is 32.2. The Morgan fingerprint density at radius 1 is 1.27 bits per heavy atom. The van der Waals surface area contributed by atoms with Crippen molar-refractivity contribution < 1.29 is 13.5 Å². The zero-order valence-electron chi connectivity index (χ0n) is 12.0. The molecule has 1 saturated carbocycles. The summed E-state index contributed by atoms with van der Waals surface area (Å²) in [5.41, 5.74) is 0.178. The van der Waals surface area contributed by atoms with Crippen molar-refractivity contribution in [2.45, 2.75) is 31.4 Å². The van der Waals surface area contributed by atoms with Crippen molar-refractivity contribution in [3.63, 3.8) is 0 Å². The van der Waals surface area contributed by atoms with E-state index in [0.717, 1.165) is 6.42 Å². The molecular weight excluding hydrogens is 304 g/mol. The summed E-state index contributed by atoms with van der Waals surface area (Å²) in [6.45, 7) is 0.186. The highest BCUT2D eigenvalue weighted by Crippen LogP contribution is 2.39. The van der Waals surface area contributed by atoms with Gasteiger partial charge < -0.3 is 5.11 Å². The average Bonchev–Trinajstić information content (AvgIpc) is 2.93. The van der Waals surface area contributed by atoms with Crippen LogP contribution in [-0.2, 0) is 22.2 Å². The zero-order valence-corrected chi connectivity index (χ0v) is 12.8. The molecule has 1 aromatic carbocycles. The molecule has 0 aliphatic heterocycles. The Balaban J connectivity index is 1.60. The van der Waals surface area contributed by atoms with Crippen LogP contribution in [0, 0.1) is 0 Å². The lowest BCUT2D eigenvalue weighted by Crippen LogP contribution is -2.34. The Hall–Kier alpha value is -1.93. The molecule has 3 rings (SSSR count). The van der Waals surface area contributed by atoms with E-state index in [0.29, 0.717) is 24.2 Å². The van der Waals surface area contributed by atoms with Gasteiger partial charge in [-0.2, -0.15) is 0 Å². The molecule has 0 unspecified atom stereocenters. The van der Waals surface area contributed by atoms with Gasteiger partial charge in [0, 0.05) is 5.69 Å².